The fourth-order valence-electron chi connectivity index (χ4n) is 2.44. The van der Waals surface area contributed by atoms with Gasteiger partial charge < -0.3 is 5.32 Å². The van der Waals surface area contributed by atoms with Gasteiger partial charge in [-0.3, -0.25) is 0 Å². The lowest BCUT2D eigenvalue weighted by molar-refractivity contribution is 1.53. The van der Waals surface area contributed by atoms with Crippen LogP contribution in [0.4, 0.5) is 11.4 Å². The molecule has 0 saturated heterocycles. The van der Waals surface area contributed by atoms with E-state index in [1.165, 1.54) is 0 Å². The Morgan fingerprint density at radius 1 is 0.323 bits per heavy atom. The summed E-state index contributed by atoms with van der Waals surface area (Å²) in [5.74, 6) is 0. The Labute approximate surface area is 214 Å². The van der Waals surface area contributed by atoms with Gasteiger partial charge in [0.2, 0.25) is 0 Å². The van der Waals surface area contributed by atoms with Gasteiger partial charge in [-0.25, -0.2) is 0 Å². The Morgan fingerprint density at radius 3 is 0.903 bits per heavy atom. The van der Waals surface area contributed by atoms with E-state index in [4.69, 9.17) is 30.2 Å². The van der Waals surface area contributed by atoms with E-state index in [-0.39, 0.29) is 0 Å². The van der Waals surface area contributed by atoms with Gasteiger partial charge in [-0.05, 0) is 57.6 Å². The van der Waals surface area contributed by atoms with E-state index in [1.807, 2.05) is 0 Å². The van der Waals surface area contributed by atoms with Crippen molar-refractivity contribution in [1.82, 2.24) is 0 Å². The Balaban J connectivity index is 1.72. The third-order valence-corrected chi connectivity index (χ3v) is 3.88. The van der Waals surface area contributed by atoms with Crippen LogP contribution in [0.1, 0.15) is 30.2 Å². The van der Waals surface area contributed by atoms with E-state index < -0.39 is 178 Å². The van der Waals surface area contributed by atoms with E-state index in [0.717, 1.165) is 0 Å². The average molecular weight is 420 g/mol. The second-order valence-electron chi connectivity index (χ2n) is 5.88. The zero-order chi connectivity index (χ0) is 40.0. The van der Waals surface area contributed by atoms with Crippen LogP contribution in [0.3, 0.4) is 0 Å². The summed E-state index contributed by atoms with van der Waals surface area (Å²) in [4.78, 5) is 0. The molecule has 0 spiro atoms. The lowest BCUT2D eigenvalue weighted by atomic mass is 10.0. The topological polar surface area (TPSA) is 12.0 Å². The number of rotatable bonds is 5. The summed E-state index contributed by atoms with van der Waals surface area (Å²) in [6.07, 6.45) is 0. The molecule has 0 aliphatic carbocycles. The van der Waals surface area contributed by atoms with Crippen LogP contribution in [-0.2, 0) is 0 Å². The minimum absolute atomic E-state index is 0.606. The zero-order valence-corrected chi connectivity index (χ0v) is 15.5. The van der Waals surface area contributed by atoms with Gasteiger partial charge in [0.15, 0.2) is 0 Å². The molecule has 0 unspecified atom stereocenters. The fourth-order valence-corrected chi connectivity index (χ4v) is 2.44. The summed E-state index contributed by atoms with van der Waals surface area (Å²) in [5.41, 5.74) is -5.32. The van der Waals surface area contributed by atoms with Gasteiger partial charge in [0.25, 0.3) is 0 Å². The van der Waals surface area contributed by atoms with Crippen molar-refractivity contribution < 1.29 is 30.2 Å². The largest absolute Gasteiger partial charge is 0.356 e. The highest BCUT2D eigenvalue weighted by atomic mass is 14.9. The molecule has 31 heavy (non-hydrogen) atoms. The number of nitrogens with one attached hydrogen (secondary N) is 1. The summed E-state index contributed by atoms with van der Waals surface area (Å²) < 4.78 is 184. The molecule has 1 heteroatoms. The molecule has 5 aromatic carbocycles. The first-order valence-electron chi connectivity index (χ1n) is 19.8. The molecule has 0 aromatic heterocycles. The van der Waals surface area contributed by atoms with Crippen molar-refractivity contribution in [3.63, 3.8) is 0 Å². The third-order valence-electron chi connectivity index (χ3n) is 3.88. The smallest absolute Gasteiger partial charge is 0.0645 e. The molecule has 1 nitrogen and oxygen atoms in total. The fraction of sp³-hybridized carbons (Fsp3) is 0. The number of hydrogen-bond donors (Lipinski definition) is 1. The molecule has 0 aliphatic rings. The third kappa shape index (κ3) is 4.41. The summed E-state index contributed by atoms with van der Waals surface area (Å²) in [6, 6.07) is -18.6. The standard InChI is InChI=1S/C30H23N/c1-3-7-23(8-4-1)25-11-13-26(14-12-25)28-17-21-30(22-18-28)31-29-19-15-27(16-20-29)24-9-5-2-6-10-24/h1-22,31H/i1D,2D,3D,4D,5D,6D,7D,8D,9D,10D,11D,12D,13D,14D,15D,16D,17D,18D,19D,20D,21D,22D. The maximum absolute atomic E-state index is 8.71. The molecule has 5 rings (SSSR count). The van der Waals surface area contributed by atoms with E-state index in [0.29, 0.717) is 0 Å². The van der Waals surface area contributed by atoms with Crippen LogP contribution in [0.5, 0.6) is 0 Å². The first-order chi connectivity index (χ1) is 24.5. The minimum atomic E-state index is -0.920. The van der Waals surface area contributed by atoms with Crippen LogP contribution in [0.2, 0.25) is 0 Å². The minimum Gasteiger partial charge on any atom is -0.356 e. The highest BCUT2D eigenvalue weighted by Crippen LogP contribution is 2.27. The molecular weight excluding hydrogens is 374 g/mol. The second kappa shape index (κ2) is 8.73. The lowest BCUT2D eigenvalue weighted by Crippen LogP contribution is -1.90. The zero-order valence-electron chi connectivity index (χ0n) is 37.5. The van der Waals surface area contributed by atoms with Crippen LogP contribution in [0.25, 0.3) is 33.4 Å². The quantitative estimate of drug-likeness (QED) is 0.301. The maximum atomic E-state index is 8.71. The van der Waals surface area contributed by atoms with Crippen molar-refractivity contribution in [2.24, 2.45) is 0 Å². The molecule has 0 aliphatic heterocycles. The summed E-state index contributed by atoms with van der Waals surface area (Å²) in [6.45, 7) is 0. The van der Waals surface area contributed by atoms with Gasteiger partial charge in [-0.1, -0.05) is 109 Å². The molecule has 0 bridgehead atoms. The second-order valence-corrected chi connectivity index (χ2v) is 5.88. The van der Waals surface area contributed by atoms with Crippen LogP contribution in [0.15, 0.2) is 133 Å². The SMILES string of the molecule is [2H]c1c([2H])c([2H])c(-c2c([2H])c([2H])c(Nc3c([2H])c([2H])c(-c4c([2H])c([2H])c(-c5c([2H])c([2H])c([2H])c([2H])c5[2H])c([2H])c4[2H])c([2H])c3[2H])c([2H])c2[2H])c([2H])c1[2H]. The molecular formula is C30H23N. The molecule has 5 aromatic rings. The summed E-state index contributed by atoms with van der Waals surface area (Å²) >= 11 is 0. The van der Waals surface area contributed by atoms with Crippen molar-refractivity contribution in [3.05, 3.63) is 133 Å². The van der Waals surface area contributed by atoms with Gasteiger partial charge in [0, 0.05) is 11.4 Å². The number of anilines is 2. The van der Waals surface area contributed by atoms with Crippen molar-refractivity contribution in [2.75, 3.05) is 5.32 Å². The normalized spacial score (nSPS) is 20.5. The van der Waals surface area contributed by atoms with Gasteiger partial charge in [-0.15, -0.1) is 0 Å². The Hall–Kier alpha value is -4.10. The summed E-state index contributed by atoms with van der Waals surface area (Å²) in [7, 11) is 0. The number of hydrogen-bond acceptors (Lipinski definition) is 1. The van der Waals surface area contributed by atoms with Crippen molar-refractivity contribution >= 4 is 11.4 Å². The number of benzene rings is 5. The maximum Gasteiger partial charge on any atom is 0.0645 e. The molecule has 1 N–H and O–H groups in total. The Kier molecular flexibility index (Phi) is 1.81. The van der Waals surface area contributed by atoms with Gasteiger partial charge in [-0.2, -0.15) is 0 Å². The predicted octanol–water partition coefficient (Wildman–Crippen LogP) is 8.43. The average Bonchev–Trinajstić information content (AvgIpc) is 3.12. The van der Waals surface area contributed by atoms with Gasteiger partial charge in [0.05, 0.1) is 30.2 Å². The van der Waals surface area contributed by atoms with Gasteiger partial charge >= 0.3 is 0 Å². The van der Waals surface area contributed by atoms with Crippen LogP contribution in [0, 0.1) is 0 Å². The molecule has 148 valence electrons. The van der Waals surface area contributed by atoms with Crippen LogP contribution < -0.4 is 5.32 Å². The van der Waals surface area contributed by atoms with Crippen molar-refractivity contribution in [1.29, 1.82) is 0 Å². The molecule has 0 saturated carbocycles. The molecule has 0 fully saturated rings. The molecule has 0 radical (unpaired) electrons. The van der Waals surface area contributed by atoms with E-state index in [9.17, 15) is 0 Å². The van der Waals surface area contributed by atoms with E-state index in [2.05, 4.69) is 5.32 Å². The molecule has 0 heterocycles. The lowest BCUT2D eigenvalue weighted by Gasteiger charge is -2.10. The first kappa shape index (κ1) is 6.45. The summed E-state index contributed by atoms with van der Waals surface area (Å²) in [5, 5.41) is 2.38. The van der Waals surface area contributed by atoms with Gasteiger partial charge in [0.1, 0.15) is 0 Å². The van der Waals surface area contributed by atoms with E-state index in [1.54, 1.807) is 0 Å². The first-order valence-corrected chi connectivity index (χ1v) is 8.75. The molecule has 0 amide bonds. The monoisotopic (exact) mass is 419 g/mol. The van der Waals surface area contributed by atoms with Crippen molar-refractivity contribution in [3.8, 4) is 33.4 Å². The Morgan fingerprint density at radius 2 is 0.581 bits per heavy atom. The molecule has 0 atom stereocenters. The van der Waals surface area contributed by atoms with Crippen LogP contribution >= 0.6 is 0 Å². The van der Waals surface area contributed by atoms with E-state index >= 15 is 0 Å². The predicted molar refractivity (Wildman–Crippen MR) is 132 cm³/mol. The van der Waals surface area contributed by atoms with Crippen molar-refractivity contribution in [2.45, 2.75) is 0 Å². The highest BCUT2D eigenvalue weighted by molar-refractivity contribution is 5.73. The van der Waals surface area contributed by atoms with Crippen LogP contribution in [-0.4, -0.2) is 0 Å². The Bertz CT molecular complexity index is 2310. The highest BCUT2D eigenvalue weighted by Gasteiger charge is 2.02.